The molecule has 1 unspecified atom stereocenters. The third kappa shape index (κ3) is 6.54. The molecule has 0 spiro atoms. The van der Waals surface area contributed by atoms with E-state index in [-0.39, 0.29) is 24.4 Å². The number of carbonyl (C=O) groups is 1. The predicted octanol–water partition coefficient (Wildman–Crippen LogP) is 1.92. The third-order valence-corrected chi connectivity index (χ3v) is 3.33. The molecule has 0 fully saturated rings. The molecule has 7 heteroatoms. The molecule has 0 saturated heterocycles. The number of nitrogens with two attached hydrogens (primary N) is 1. The molecule has 0 aliphatic rings. The number of nitrogens with one attached hydrogen (secondary N) is 1. The molecule has 1 aromatic rings. The molecule has 1 atom stereocenters. The van der Waals surface area contributed by atoms with Crippen molar-refractivity contribution < 1.29 is 19.0 Å². The molecule has 0 radical (unpaired) electrons. The standard InChI is InChI=1S/C16H26N2O4.ClH/c1-11(17)9-10-18-14(19)8-6-12-5-7-13(20-2)16(22-4)15(12)21-3;/h5,7,11H,6,8-10,17H2,1-4H3,(H,18,19);1H. The summed E-state index contributed by atoms with van der Waals surface area (Å²) in [6.45, 7) is 2.51. The fraction of sp³-hybridized carbons (Fsp3) is 0.562. The van der Waals surface area contributed by atoms with Gasteiger partial charge in [-0.25, -0.2) is 0 Å². The van der Waals surface area contributed by atoms with E-state index < -0.39 is 0 Å². The van der Waals surface area contributed by atoms with Crippen LogP contribution in [0.15, 0.2) is 12.1 Å². The molecular weight excluding hydrogens is 320 g/mol. The predicted molar refractivity (Wildman–Crippen MR) is 92.9 cm³/mol. The second kappa shape index (κ2) is 11.0. The van der Waals surface area contributed by atoms with Crippen molar-refractivity contribution in [2.45, 2.75) is 32.2 Å². The van der Waals surface area contributed by atoms with Crippen molar-refractivity contribution in [1.82, 2.24) is 5.32 Å². The van der Waals surface area contributed by atoms with Gasteiger partial charge in [0.15, 0.2) is 11.5 Å². The van der Waals surface area contributed by atoms with Crippen LogP contribution in [-0.2, 0) is 11.2 Å². The number of benzene rings is 1. The van der Waals surface area contributed by atoms with Gasteiger partial charge in [0.05, 0.1) is 21.3 Å². The first-order valence-electron chi connectivity index (χ1n) is 7.33. The van der Waals surface area contributed by atoms with Crippen LogP contribution in [0.1, 0.15) is 25.3 Å². The zero-order valence-corrected chi connectivity index (χ0v) is 15.0. The van der Waals surface area contributed by atoms with Crippen LogP contribution in [0.25, 0.3) is 0 Å². The first kappa shape index (κ1) is 21.3. The highest BCUT2D eigenvalue weighted by molar-refractivity contribution is 5.85. The lowest BCUT2D eigenvalue weighted by molar-refractivity contribution is -0.121. The Labute approximate surface area is 144 Å². The molecule has 0 saturated carbocycles. The number of carbonyl (C=O) groups excluding carboxylic acids is 1. The van der Waals surface area contributed by atoms with Gasteiger partial charge < -0.3 is 25.3 Å². The van der Waals surface area contributed by atoms with Crippen LogP contribution in [0, 0.1) is 0 Å². The van der Waals surface area contributed by atoms with Crippen molar-refractivity contribution in [3.63, 3.8) is 0 Å². The summed E-state index contributed by atoms with van der Waals surface area (Å²) in [4.78, 5) is 11.8. The van der Waals surface area contributed by atoms with Gasteiger partial charge in [0.2, 0.25) is 11.7 Å². The van der Waals surface area contributed by atoms with Crippen LogP contribution >= 0.6 is 12.4 Å². The third-order valence-electron chi connectivity index (χ3n) is 3.33. The van der Waals surface area contributed by atoms with E-state index >= 15 is 0 Å². The molecule has 3 N–H and O–H groups in total. The summed E-state index contributed by atoms with van der Waals surface area (Å²) in [5.41, 5.74) is 6.55. The molecule has 1 aromatic carbocycles. The van der Waals surface area contributed by atoms with E-state index in [1.807, 2.05) is 19.1 Å². The minimum absolute atomic E-state index is 0. The summed E-state index contributed by atoms with van der Waals surface area (Å²) in [6, 6.07) is 3.78. The van der Waals surface area contributed by atoms with E-state index in [1.165, 1.54) is 0 Å². The van der Waals surface area contributed by atoms with Crippen LogP contribution < -0.4 is 25.3 Å². The van der Waals surface area contributed by atoms with Crippen LogP contribution in [-0.4, -0.2) is 39.8 Å². The van der Waals surface area contributed by atoms with Gasteiger partial charge in [-0.05, 0) is 31.4 Å². The second-order valence-corrected chi connectivity index (χ2v) is 5.11. The maximum absolute atomic E-state index is 11.8. The zero-order chi connectivity index (χ0) is 16.5. The highest BCUT2D eigenvalue weighted by Gasteiger charge is 2.16. The Morgan fingerprint density at radius 2 is 1.83 bits per heavy atom. The smallest absolute Gasteiger partial charge is 0.220 e. The Morgan fingerprint density at radius 3 is 2.35 bits per heavy atom. The molecule has 1 rings (SSSR count). The van der Waals surface area contributed by atoms with Gasteiger partial charge in [-0.15, -0.1) is 12.4 Å². The Kier molecular flexibility index (Phi) is 10.2. The number of ether oxygens (including phenoxy) is 3. The van der Waals surface area contributed by atoms with Crippen molar-refractivity contribution >= 4 is 18.3 Å². The largest absolute Gasteiger partial charge is 0.493 e. The molecule has 0 aliphatic heterocycles. The second-order valence-electron chi connectivity index (χ2n) is 5.11. The summed E-state index contributed by atoms with van der Waals surface area (Å²) in [5, 5.41) is 2.86. The quantitative estimate of drug-likeness (QED) is 0.713. The van der Waals surface area contributed by atoms with Crippen LogP contribution in [0.5, 0.6) is 17.2 Å². The number of hydrogen-bond donors (Lipinski definition) is 2. The average molecular weight is 347 g/mol. The molecule has 23 heavy (non-hydrogen) atoms. The summed E-state index contributed by atoms with van der Waals surface area (Å²) < 4.78 is 16.0. The lowest BCUT2D eigenvalue weighted by Gasteiger charge is -2.15. The molecule has 132 valence electrons. The monoisotopic (exact) mass is 346 g/mol. The Bertz CT molecular complexity index is 495. The molecular formula is C16H27ClN2O4. The van der Waals surface area contributed by atoms with Crippen LogP contribution in [0.3, 0.4) is 0 Å². The summed E-state index contributed by atoms with van der Waals surface area (Å²) in [7, 11) is 4.71. The number of hydrogen-bond acceptors (Lipinski definition) is 5. The van der Waals surface area contributed by atoms with Crippen LogP contribution in [0.4, 0.5) is 0 Å². The minimum Gasteiger partial charge on any atom is -0.493 e. The van der Waals surface area contributed by atoms with Gasteiger partial charge in [-0.3, -0.25) is 4.79 Å². The molecule has 1 amide bonds. The fourth-order valence-electron chi connectivity index (χ4n) is 2.14. The van der Waals surface area contributed by atoms with Gasteiger partial charge in [-0.2, -0.15) is 0 Å². The normalized spacial score (nSPS) is 11.2. The summed E-state index contributed by atoms with van der Waals surface area (Å²) >= 11 is 0. The maximum Gasteiger partial charge on any atom is 0.220 e. The van der Waals surface area contributed by atoms with E-state index in [0.717, 1.165) is 12.0 Å². The highest BCUT2D eigenvalue weighted by Crippen LogP contribution is 2.40. The van der Waals surface area contributed by atoms with Crippen molar-refractivity contribution in [1.29, 1.82) is 0 Å². The minimum atomic E-state index is -0.00233. The molecule has 0 heterocycles. The van der Waals surface area contributed by atoms with E-state index in [2.05, 4.69) is 5.32 Å². The summed E-state index contributed by atoms with van der Waals surface area (Å²) in [5.74, 6) is 1.74. The lowest BCUT2D eigenvalue weighted by atomic mass is 10.1. The fourth-order valence-corrected chi connectivity index (χ4v) is 2.14. The highest BCUT2D eigenvalue weighted by atomic mass is 35.5. The first-order chi connectivity index (χ1) is 10.5. The van der Waals surface area contributed by atoms with Gasteiger partial charge in [0.25, 0.3) is 0 Å². The van der Waals surface area contributed by atoms with Gasteiger partial charge >= 0.3 is 0 Å². The molecule has 0 aliphatic carbocycles. The number of amides is 1. The molecule has 0 aromatic heterocycles. The van der Waals surface area contributed by atoms with Crippen molar-refractivity contribution in [3.05, 3.63) is 17.7 Å². The van der Waals surface area contributed by atoms with Crippen molar-refractivity contribution in [3.8, 4) is 17.2 Å². The molecule has 6 nitrogen and oxygen atoms in total. The Balaban J connectivity index is 0.00000484. The summed E-state index contributed by atoms with van der Waals surface area (Å²) in [6.07, 6.45) is 1.71. The maximum atomic E-state index is 11.8. The molecule has 0 bridgehead atoms. The SMILES string of the molecule is COc1ccc(CCC(=O)NCCC(C)N)c(OC)c1OC.Cl. The Morgan fingerprint density at radius 1 is 1.17 bits per heavy atom. The van der Waals surface area contributed by atoms with Gasteiger partial charge in [0.1, 0.15) is 0 Å². The number of halogens is 1. The zero-order valence-electron chi connectivity index (χ0n) is 14.2. The topological polar surface area (TPSA) is 82.8 Å². The van der Waals surface area contributed by atoms with Crippen molar-refractivity contribution in [2.24, 2.45) is 5.73 Å². The van der Waals surface area contributed by atoms with Crippen LogP contribution in [0.2, 0.25) is 0 Å². The lowest BCUT2D eigenvalue weighted by Crippen LogP contribution is -2.29. The van der Waals surface area contributed by atoms with Gasteiger partial charge in [0, 0.05) is 19.0 Å². The van der Waals surface area contributed by atoms with Gasteiger partial charge in [-0.1, -0.05) is 6.07 Å². The number of methoxy groups -OCH3 is 3. The van der Waals surface area contributed by atoms with Crippen molar-refractivity contribution in [2.75, 3.05) is 27.9 Å². The average Bonchev–Trinajstić information content (AvgIpc) is 2.51. The number of aryl methyl sites for hydroxylation is 1. The van der Waals surface area contributed by atoms with E-state index in [9.17, 15) is 4.79 Å². The van der Waals surface area contributed by atoms with E-state index in [4.69, 9.17) is 19.9 Å². The Hall–Kier alpha value is -1.66. The number of rotatable bonds is 9. The van der Waals surface area contributed by atoms with E-state index in [1.54, 1.807) is 21.3 Å². The first-order valence-corrected chi connectivity index (χ1v) is 7.33. The van der Waals surface area contributed by atoms with E-state index in [0.29, 0.717) is 36.6 Å².